The van der Waals surface area contributed by atoms with Crippen molar-refractivity contribution < 1.29 is 9.53 Å². The van der Waals surface area contributed by atoms with E-state index in [1.54, 1.807) is 0 Å². The van der Waals surface area contributed by atoms with E-state index in [0.29, 0.717) is 13.2 Å². The number of fused-ring (bicyclic) bond motifs is 1. The van der Waals surface area contributed by atoms with E-state index in [4.69, 9.17) is 4.74 Å². The van der Waals surface area contributed by atoms with Gasteiger partial charge in [0.2, 0.25) is 5.91 Å². The number of rotatable bonds is 2. The Balaban J connectivity index is 0.00000147. The molecule has 0 unspecified atom stereocenters. The summed E-state index contributed by atoms with van der Waals surface area (Å²) in [4.78, 5) is 12.2. The molecular weight excluding hydrogens is 276 g/mol. The van der Waals surface area contributed by atoms with Crippen molar-refractivity contribution >= 4 is 24.0 Å². The van der Waals surface area contributed by atoms with Crippen LogP contribution in [0.5, 0.6) is 0 Å². The van der Waals surface area contributed by atoms with Crippen molar-refractivity contribution in [3.05, 3.63) is 29.3 Å². The molecule has 5 heteroatoms. The van der Waals surface area contributed by atoms with Gasteiger partial charge in [-0.05, 0) is 49.1 Å². The van der Waals surface area contributed by atoms with Gasteiger partial charge in [0.05, 0.1) is 0 Å². The number of hydrogen-bond acceptors (Lipinski definition) is 3. The van der Waals surface area contributed by atoms with E-state index in [9.17, 15) is 4.79 Å². The fraction of sp³-hybridized carbons (Fsp3) is 0.533. The van der Waals surface area contributed by atoms with Gasteiger partial charge >= 0.3 is 0 Å². The maximum Gasteiger partial charge on any atom is 0.227 e. The Kier molecular flexibility index (Phi) is 5.40. The van der Waals surface area contributed by atoms with Crippen molar-refractivity contribution in [2.75, 3.05) is 25.1 Å². The molecule has 0 aliphatic carbocycles. The van der Waals surface area contributed by atoms with E-state index in [-0.39, 0.29) is 24.2 Å². The zero-order valence-electron chi connectivity index (χ0n) is 11.5. The molecule has 2 heterocycles. The molecule has 0 saturated carbocycles. The molecule has 4 nitrogen and oxygen atoms in total. The molecule has 20 heavy (non-hydrogen) atoms. The molecule has 1 amide bonds. The third-order valence-electron chi connectivity index (χ3n) is 3.95. The van der Waals surface area contributed by atoms with E-state index < -0.39 is 0 Å². The van der Waals surface area contributed by atoms with Crippen LogP contribution in [0.2, 0.25) is 0 Å². The van der Waals surface area contributed by atoms with Gasteiger partial charge in [-0.25, -0.2) is 0 Å². The first-order chi connectivity index (χ1) is 9.33. The third-order valence-corrected chi connectivity index (χ3v) is 3.95. The molecular formula is C15H21ClN2O2. The molecule has 1 aromatic carbocycles. The second kappa shape index (κ2) is 7.07. The van der Waals surface area contributed by atoms with Gasteiger partial charge in [-0.2, -0.15) is 0 Å². The number of anilines is 1. The number of ether oxygens (including phenoxy) is 1. The standard InChI is InChI=1S/C15H20N2O2.ClH/c18-15(12-4-7-19-8-5-12)17-14-2-1-11-3-6-16-10-13(11)9-14;/h1-2,9,12,16H,3-8,10H2,(H,17,18);1H. The summed E-state index contributed by atoms with van der Waals surface area (Å²) in [7, 11) is 0. The molecule has 2 aliphatic heterocycles. The van der Waals surface area contributed by atoms with Gasteiger partial charge in [-0.1, -0.05) is 6.07 Å². The van der Waals surface area contributed by atoms with E-state index >= 15 is 0 Å². The molecule has 1 saturated heterocycles. The number of carbonyl (C=O) groups is 1. The highest BCUT2D eigenvalue weighted by Crippen LogP contribution is 2.21. The largest absolute Gasteiger partial charge is 0.381 e. The van der Waals surface area contributed by atoms with Crippen LogP contribution >= 0.6 is 12.4 Å². The van der Waals surface area contributed by atoms with Gasteiger partial charge in [0.1, 0.15) is 0 Å². The SMILES string of the molecule is Cl.O=C(Nc1ccc2c(c1)CNCC2)C1CCOCC1. The quantitative estimate of drug-likeness (QED) is 0.879. The maximum absolute atomic E-state index is 12.2. The number of nitrogens with one attached hydrogen (secondary N) is 2. The summed E-state index contributed by atoms with van der Waals surface area (Å²) in [5.41, 5.74) is 3.61. The highest BCUT2D eigenvalue weighted by molar-refractivity contribution is 5.92. The lowest BCUT2D eigenvalue weighted by molar-refractivity contribution is -0.122. The van der Waals surface area contributed by atoms with Gasteiger partial charge in [-0.15, -0.1) is 12.4 Å². The highest BCUT2D eigenvalue weighted by Gasteiger charge is 2.21. The Morgan fingerprint density at radius 2 is 2.05 bits per heavy atom. The van der Waals surface area contributed by atoms with Crippen LogP contribution in [0.4, 0.5) is 5.69 Å². The molecule has 1 fully saturated rings. The Labute approximate surface area is 125 Å². The zero-order chi connectivity index (χ0) is 13.1. The fourth-order valence-electron chi connectivity index (χ4n) is 2.76. The van der Waals surface area contributed by atoms with E-state index in [1.807, 2.05) is 6.07 Å². The van der Waals surface area contributed by atoms with Crippen molar-refractivity contribution in [3.63, 3.8) is 0 Å². The van der Waals surface area contributed by atoms with Gasteiger partial charge in [-0.3, -0.25) is 4.79 Å². The van der Waals surface area contributed by atoms with Crippen LogP contribution in [0.1, 0.15) is 24.0 Å². The van der Waals surface area contributed by atoms with Crippen LogP contribution in [0.3, 0.4) is 0 Å². The highest BCUT2D eigenvalue weighted by atomic mass is 35.5. The van der Waals surface area contributed by atoms with Crippen LogP contribution in [0.15, 0.2) is 18.2 Å². The molecule has 2 aliphatic rings. The van der Waals surface area contributed by atoms with Gasteiger partial charge in [0.25, 0.3) is 0 Å². The monoisotopic (exact) mass is 296 g/mol. The van der Waals surface area contributed by atoms with Crippen molar-refractivity contribution in [3.8, 4) is 0 Å². The second-order valence-corrected chi connectivity index (χ2v) is 5.29. The molecule has 2 N–H and O–H groups in total. The van der Waals surface area contributed by atoms with E-state index in [2.05, 4.69) is 22.8 Å². The fourth-order valence-corrected chi connectivity index (χ4v) is 2.76. The van der Waals surface area contributed by atoms with Gasteiger partial charge in [0, 0.05) is 31.4 Å². The summed E-state index contributed by atoms with van der Waals surface area (Å²) in [5, 5.41) is 6.40. The van der Waals surface area contributed by atoms with Crippen LogP contribution in [0.25, 0.3) is 0 Å². The summed E-state index contributed by atoms with van der Waals surface area (Å²) in [6.45, 7) is 3.34. The Morgan fingerprint density at radius 1 is 1.25 bits per heavy atom. The molecule has 0 radical (unpaired) electrons. The predicted molar refractivity (Wildman–Crippen MR) is 81.3 cm³/mol. The number of hydrogen-bond donors (Lipinski definition) is 2. The van der Waals surface area contributed by atoms with Crippen molar-refractivity contribution in [2.24, 2.45) is 5.92 Å². The number of amides is 1. The number of benzene rings is 1. The number of carbonyl (C=O) groups excluding carboxylic acids is 1. The summed E-state index contributed by atoms with van der Waals surface area (Å²) in [6, 6.07) is 6.25. The Hall–Kier alpha value is -1.10. The number of halogens is 1. The summed E-state index contributed by atoms with van der Waals surface area (Å²) in [6.07, 6.45) is 2.74. The molecule has 3 rings (SSSR count). The summed E-state index contributed by atoms with van der Waals surface area (Å²) >= 11 is 0. The van der Waals surface area contributed by atoms with Gasteiger partial charge in [0.15, 0.2) is 0 Å². The van der Waals surface area contributed by atoms with Gasteiger partial charge < -0.3 is 15.4 Å². The smallest absolute Gasteiger partial charge is 0.227 e. The van der Waals surface area contributed by atoms with E-state index in [0.717, 1.165) is 38.0 Å². The van der Waals surface area contributed by atoms with Crippen molar-refractivity contribution in [2.45, 2.75) is 25.8 Å². The first kappa shape index (κ1) is 15.3. The molecule has 0 aromatic heterocycles. The van der Waals surface area contributed by atoms with Crippen LogP contribution < -0.4 is 10.6 Å². The Morgan fingerprint density at radius 3 is 2.85 bits per heavy atom. The molecule has 0 spiro atoms. The summed E-state index contributed by atoms with van der Waals surface area (Å²) < 4.78 is 5.29. The average Bonchev–Trinajstić information content (AvgIpc) is 2.48. The normalized spacial score (nSPS) is 18.8. The van der Waals surface area contributed by atoms with Crippen molar-refractivity contribution in [1.82, 2.24) is 5.32 Å². The minimum absolute atomic E-state index is 0. The molecule has 1 aromatic rings. The minimum atomic E-state index is 0. The molecule has 110 valence electrons. The van der Waals surface area contributed by atoms with Crippen LogP contribution in [-0.2, 0) is 22.5 Å². The Bertz CT molecular complexity index is 473. The van der Waals surface area contributed by atoms with Crippen LogP contribution in [-0.4, -0.2) is 25.7 Å². The summed E-state index contributed by atoms with van der Waals surface area (Å²) in [5.74, 6) is 0.231. The topological polar surface area (TPSA) is 50.4 Å². The minimum Gasteiger partial charge on any atom is -0.381 e. The lowest BCUT2D eigenvalue weighted by Crippen LogP contribution is -2.29. The molecule has 0 bridgehead atoms. The first-order valence-corrected chi connectivity index (χ1v) is 7.04. The molecule has 0 atom stereocenters. The maximum atomic E-state index is 12.2. The predicted octanol–water partition coefficient (Wildman–Crippen LogP) is 2.12. The van der Waals surface area contributed by atoms with E-state index in [1.165, 1.54) is 11.1 Å². The first-order valence-electron chi connectivity index (χ1n) is 7.04. The third kappa shape index (κ3) is 3.51. The van der Waals surface area contributed by atoms with Crippen LogP contribution in [0, 0.1) is 5.92 Å². The van der Waals surface area contributed by atoms with Crippen molar-refractivity contribution in [1.29, 1.82) is 0 Å². The lowest BCUT2D eigenvalue weighted by atomic mass is 9.98. The second-order valence-electron chi connectivity index (χ2n) is 5.29. The lowest BCUT2D eigenvalue weighted by Gasteiger charge is -2.22. The zero-order valence-corrected chi connectivity index (χ0v) is 12.3. The average molecular weight is 297 g/mol.